The molecule has 1 aliphatic rings. The van der Waals surface area contributed by atoms with Crippen molar-refractivity contribution in [2.45, 2.75) is 31.7 Å². The normalized spacial score (nSPS) is 15.2. The van der Waals surface area contributed by atoms with Crippen molar-refractivity contribution in [1.29, 1.82) is 5.26 Å². The molecule has 0 aromatic heterocycles. The van der Waals surface area contributed by atoms with Gasteiger partial charge in [-0.1, -0.05) is 18.9 Å². The van der Waals surface area contributed by atoms with E-state index in [-0.39, 0.29) is 0 Å². The van der Waals surface area contributed by atoms with Crippen LogP contribution in [0.1, 0.15) is 31.2 Å². The van der Waals surface area contributed by atoms with Crippen molar-refractivity contribution in [3.8, 4) is 6.07 Å². The van der Waals surface area contributed by atoms with Crippen molar-refractivity contribution >= 4 is 23.0 Å². The van der Waals surface area contributed by atoms with Crippen LogP contribution in [-0.4, -0.2) is 11.2 Å². The fourth-order valence-corrected chi connectivity index (χ4v) is 2.37. The Hall–Kier alpha value is -1.60. The second-order valence-corrected chi connectivity index (χ2v) is 4.68. The topological polar surface area (TPSA) is 47.9 Å². The molecule has 88 valence electrons. The molecule has 2 N–H and O–H groups in total. The Kier molecular flexibility index (Phi) is 3.94. The average Bonchev–Trinajstić information content (AvgIpc) is 2.82. The first-order valence-corrected chi connectivity index (χ1v) is 6.26. The largest absolute Gasteiger partial charge is 0.360 e. The molecule has 2 rings (SSSR count). The van der Waals surface area contributed by atoms with E-state index in [1.54, 1.807) is 12.1 Å². The third kappa shape index (κ3) is 3.43. The predicted octanol–water partition coefficient (Wildman–Crippen LogP) is 2.79. The van der Waals surface area contributed by atoms with Gasteiger partial charge in [0.05, 0.1) is 11.6 Å². The van der Waals surface area contributed by atoms with Gasteiger partial charge in [0.2, 0.25) is 0 Å². The highest BCUT2D eigenvalue weighted by molar-refractivity contribution is 7.80. The highest BCUT2D eigenvalue weighted by Gasteiger charge is 2.15. The van der Waals surface area contributed by atoms with Gasteiger partial charge in [-0.3, -0.25) is 0 Å². The monoisotopic (exact) mass is 245 g/mol. The molecule has 0 amide bonds. The first-order valence-electron chi connectivity index (χ1n) is 5.85. The molecule has 17 heavy (non-hydrogen) atoms. The van der Waals surface area contributed by atoms with E-state index >= 15 is 0 Å². The van der Waals surface area contributed by atoms with E-state index in [0.717, 1.165) is 5.69 Å². The summed E-state index contributed by atoms with van der Waals surface area (Å²) in [6.07, 6.45) is 4.95. The van der Waals surface area contributed by atoms with Crippen LogP contribution >= 0.6 is 12.2 Å². The Morgan fingerprint density at radius 2 is 2.12 bits per heavy atom. The summed E-state index contributed by atoms with van der Waals surface area (Å²) in [6.45, 7) is 0. The van der Waals surface area contributed by atoms with Gasteiger partial charge in [0.25, 0.3) is 0 Å². The Balaban J connectivity index is 1.91. The minimum atomic E-state index is 0.508. The van der Waals surface area contributed by atoms with Crippen molar-refractivity contribution in [2.75, 3.05) is 5.32 Å². The standard InChI is InChI=1S/C13H15N3S/c14-9-10-4-3-7-12(8-10)16-13(17)15-11-5-1-2-6-11/h3-4,7-8,11H,1-2,5-6H2,(H2,15,16,17). The maximum atomic E-state index is 8.80. The van der Waals surface area contributed by atoms with Gasteiger partial charge in [-0.25, -0.2) is 0 Å². The van der Waals surface area contributed by atoms with E-state index in [2.05, 4.69) is 16.7 Å². The minimum Gasteiger partial charge on any atom is -0.360 e. The number of nitriles is 1. The van der Waals surface area contributed by atoms with Crippen LogP contribution in [0.25, 0.3) is 0 Å². The fraction of sp³-hybridized carbons (Fsp3) is 0.385. The summed E-state index contributed by atoms with van der Waals surface area (Å²) in [7, 11) is 0. The number of nitrogens with zero attached hydrogens (tertiary/aromatic N) is 1. The molecule has 1 saturated carbocycles. The predicted molar refractivity (Wildman–Crippen MR) is 72.8 cm³/mol. The molecule has 0 atom stereocenters. The van der Waals surface area contributed by atoms with Crippen molar-refractivity contribution in [3.63, 3.8) is 0 Å². The Morgan fingerprint density at radius 3 is 2.82 bits per heavy atom. The smallest absolute Gasteiger partial charge is 0.170 e. The SMILES string of the molecule is N#Cc1cccc(NC(=S)NC2CCCC2)c1. The summed E-state index contributed by atoms with van der Waals surface area (Å²) < 4.78 is 0. The highest BCUT2D eigenvalue weighted by atomic mass is 32.1. The molecule has 0 heterocycles. The third-order valence-corrected chi connectivity index (χ3v) is 3.16. The second kappa shape index (κ2) is 5.65. The summed E-state index contributed by atoms with van der Waals surface area (Å²) in [5.74, 6) is 0. The van der Waals surface area contributed by atoms with Gasteiger partial charge >= 0.3 is 0 Å². The zero-order valence-corrected chi connectivity index (χ0v) is 10.4. The van der Waals surface area contributed by atoms with Crippen LogP contribution in [0.5, 0.6) is 0 Å². The quantitative estimate of drug-likeness (QED) is 0.787. The lowest BCUT2D eigenvalue weighted by molar-refractivity contribution is 0.634. The van der Waals surface area contributed by atoms with E-state index in [4.69, 9.17) is 17.5 Å². The van der Waals surface area contributed by atoms with Gasteiger partial charge in [-0.2, -0.15) is 5.26 Å². The Labute approximate surface area is 107 Å². The Morgan fingerprint density at radius 1 is 1.35 bits per heavy atom. The number of nitrogens with one attached hydrogen (secondary N) is 2. The van der Waals surface area contributed by atoms with Gasteiger partial charge in [0.15, 0.2) is 5.11 Å². The first-order chi connectivity index (χ1) is 8.28. The molecule has 0 radical (unpaired) electrons. The van der Waals surface area contributed by atoms with Crippen LogP contribution in [0.2, 0.25) is 0 Å². The molecule has 0 spiro atoms. The molecule has 1 aromatic rings. The molecule has 0 unspecified atom stereocenters. The molecular weight excluding hydrogens is 230 g/mol. The average molecular weight is 245 g/mol. The number of hydrogen-bond donors (Lipinski definition) is 2. The third-order valence-electron chi connectivity index (χ3n) is 2.94. The van der Waals surface area contributed by atoms with Crippen LogP contribution < -0.4 is 10.6 Å². The molecule has 1 fully saturated rings. The lowest BCUT2D eigenvalue weighted by Crippen LogP contribution is -2.35. The van der Waals surface area contributed by atoms with E-state index in [1.165, 1.54) is 25.7 Å². The van der Waals surface area contributed by atoms with Gasteiger partial charge in [0.1, 0.15) is 0 Å². The zero-order chi connectivity index (χ0) is 12.1. The molecule has 1 aromatic carbocycles. The van der Waals surface area contributed by atoms with Crippen LogP contribution in [0, 0.1) is 11.3 Å². The number of benzene rings is 1. The number of rotatable bonds is 2. The molecule has 0 aliphatic heterocycles. The second-order valence-electron chi connectivity index (χ2n) is 4.27. The molecule has 4 heteroatoms. The molecular formula is C13H15N3S. The summed E-state index contributed by atoms with van der Waals surface area (Å²) in [5, 5.41) is 15.9. The Bertz CT molecular complexity index is 444. The maximum absolute atomic E-state index is 8.80. The van der Waals surface area contributed by atoms with Gasteiger partial charge in [-0.05, 0) is 43.3 Å². The number of thiocarbonyl (C=S) groups is 1. The summed E-state index contributed by atoms with van der Waals surface area (Å²) in [4.78, 5) is 0. The summed E-state index contributed by atoms with van der Waals surface area (Å²) in [6, 6.07) is 9.94. The summed E-state index contributed by atoms with van der Waals surface area (Å²) in [5.41, 5.74) is 1.50. The van der Waals surface area contributed by atoms with Crippen molar-refractivity contribution in [1.82, 2.24) is 5.32 Å². The van der Waals surface area contributed by atoms with Gasteiger partial charge in [-0.15, -0.1) is 0 Å². The number of hydrogen-bond acceptors (Lipinski definition) is 2. The lowest BCUT2D eigenvalue weighted by atomic mass is 10.2. The molecule has 0 saturated heterocycles. The van der Waals surface area contributed by atoms with Crippen molar-refractivity contribution < 1.29 is 0 Å². The maximum Gasteiger partial charge on any atom is 0.170 e. The van der Waals surface area contributed by atoms with Crippen molar-refractivity contribution in [3.05, 3.63) is 29.8 Å². The summed E-state index contributed by atoms with van der Waals surface area (Å²) >= 11 is 5.25. The van der Waals surface area contributed by atoms with Crippen LogP contribution in [-0.2, 0) is 0 Å². The molecule has 1 aliphatic carbocycles. The lowest BCUT2D eigenvalue weighted by Gasteiger charge is -2.15. The van der Waals surface area contributed by atoms with Crippen LogP contribution in [0.3, 0.4) is 0 Å². The highest BCUT2D eigenvalue weighted by Crippen LogP contribution is 2.18. The first kappa shape index (κ1) is 11.9. The fourth-order valence-electron chi connectivity index (χ4n) is 2.09. The van der Waals surface area contributed by atoms with Crippen LogP contribution in [0.4, 0.5) is 5.69 Å². The van der Waals surface area contributed by atoms with Gasteiger partial charge in [0, 0.05) is 11.7 Å². The minimum absolute atomic E-state index is 0.508. The van der Waals surface area contributed by atoms with E-state index in [1.807, 2.05) is 12.1 Å². The van der Waals surface area contributed by atoms with Crippen LogP contribution in [0.15, 0.2) is 24.3 Å². The van der Waals surface area contributed by atoms with Gasteiger partial charge < -0.3 is 10.6 Å². The number of anilines is 1. The molecule has 0 bridgehead atoms. The van der Waals surface area contributed by atoms with E-state index in [0.29, 0.717) is 16.7 Å². The molecule has 3 nitrogen and oxygen atoms in total. The zero-order valence-electron chi connectivity index (χ0n) is 9.57. The van der Waals surface area contributed by atoms with E-state index < -0.39 is 0 Å². The van der Waals surface area contributed by atoms with E-state index in [9.17, 15) is 0 Å². The van der Waals surface area contributed by atoms with Crippen molar-refractivity contribution in [2.24, 2.45) is 0 Å².